The van der Waals surface area contributed by atoms with Crippen LogP contribution < -0.4 is 14.5 Å². The van der Waals surface area contributed by atoms with E-state index in [2.05, 4.69) is 19.9 Å². The minimum absolute atomic E-state index is 0.0540. The van der Waals surface area contributed by atoms with Gasteiger partial charge in [0.15, 0.2) is 0 Å². The number of nitrogens with zero attached hydrogens (tertiary/aromatic N) is 5. The van der Waals surface area contributed by atoms with Gasteiger partial charge in [-0.05, 0) is 30.9 Å². The second kappa shape index (κ2) is 7.07. The first-order chi connectivity index (χ1) is 12.7. The van der Waals surface area contributed by atoms with Gasteiger partial charge in [-0.15, -0.1) is 0 Å². The van der Waals surface area contributed by atoms with E-state index >= 15 is 0 Å². The van der Waals surface area contributed by atoms with Gasteiger partial charge in [0.25, 0.3) is 0 Å². The summed E-state index contributed by atoms with van der Waals surface area (Å²) in [6.45, 7) is 3.29. The molecule has 1 spiro atoms. The Balaban J connectivity index is 1.34. The normalized spacial score (nSPS) is 20.8. The van der Waals surface area contributed by atoms with Crippen LogP contribution in [0.2, 0.25) is 0 Å². The third kappa shape index (κ3) is 3.31. The predicted molar refractivity (Wildman–Crippen MR) is 99.7 cm³/mol. The molecule has 0 bridgehead atoms. The van der Waals surface area contributed by atoms with Crippen LogP contribution in [0.5, 0.6) is 5.75 Å². The molecule has 138 valence electrons. The van der Waals surface area contributed by atoms with Crippen molar-refractivity contribution >= 4 is 11.6 Å². The van der Waals surface area contributed by atoms with E-state index < -0.39 is 0 Å². The van der Waals surface area contributed by atoms with E-state index in [0.717, 1.165) is 49.9 Å². The number of ether oxygens (including phenoxy) is 2. The maximum Gasteiger partial charge on any atom is 0.137 e. The van der Waals surface area contributed by atoms with E-state index in [4.69, 9.17) is 9.47 Å². The SMILES string of the molecule is CN(C)c1cc(N2CC3(C2)OCC[C@@H]3CCOc2cccnc2)ncn1. The Kier molecular flexibility index (Phi) is 4.63. The number of hydrogen-bond acceptors (Lipinski definition) is 7. The molecule has 2 fully saturated rings. The average molecular weight is 355 g/mol. The standard InChI is InChI=1S/C19H25N5O2/c1-23(2)17-10-18(22-14-21-17)24-12-19(13-24)15(6-9-26-19)5-8-25-16-4-3-7-20-11-16/h3-4,7,10-11,14-15H,5-6,8-9,12-13H2,1-2H3/t15-/m0/s1. The first-order valence-corrected chi connectivity index (χ1v) is 9.07. The second-order valence-electron chi connectivity index (χ2n) is 7.21. The molecular formula is C19H25N5O2. The van der Waals surface area contributed by atoms with Crippen molar-refractivity contribution in [2.24, 2.45) is 5.92 Å². The number of pyridine rings is 1. The van der Waals surface area contributed by atoms with Crippen molar-refractivity contribution in [3.05, 3.63) is 36.9 Å². The molecule has 4 heterocycles. The fourth-order valence-corrected chi connectivity index (χ4v) is 3.81. The zero-order valence-electron chi connectivity index (χ0n) is 15.3. The van der Waals surface area contributed by atoms with E-state index in [-0.39, 0.29) is 5.60 Å². The number of anilines is 2. The molecule has 0 saturated carbocycles. The Labute approximate surface area is 154 Å². The molecule has 0 unspecified atom stereocenters. The third-order valence-corrected chi connectivity index (χ3v) is 5.31. The Morgan fingerprint density at radius 1 is 1.35 bits per heavy atom. The average Bonchev–Trinajstić information content (AvgIpc) is 3.05. The van der Waals surface area contributed by atoms with E-state index in [0.29, 0.717) is 12.5 Å². The molecule has 7 nitrogen and oxygen atoms in total. The zero-order valence-corrected chi connectivity index (χ0v) is 15.3. The molecule has 1 atom stereocenters. The van der Waals surface area contributed by atoms with Gasteiger partial charge in [-0.25, -0.2) is 9.97 Å². The molecule has 0 aliphatic carbocycles. The third-order valence-electron chi connectivity index (χ3n) is 5.31. The van der Waals surface area contributed by atoms with Crippen molar-refractivity contribution in [3.8, 4) is 5.75 Å². The lowest BCUT2D eigenvalue weighted by Gasteiger charge is -2.51. The molecule has 4 rings (SSSR count). The first kappa shape index (κ1) is 17.0. The monoisotopic (exact) mass is 355 g/mol. The maximum atomic E-state index is 6.16. The summed E-state index contributed by atoms with van der Waals surface area (Å²) in [5.41, 5.74) is -0.0540. The van der Waals surface area contributed by atoms with Crippen molar-refractivity contribution in [1.29, 1.82) is 0 Å². The van der Waals surface area contributed by atoms with E-state index in [9.17, 15) is 0 Å². The summed E-state index contributed by atoms with van der Waals surface area (Å²) in [7, 11) is 3.98. The van der Waals surface area contributed by atoms with Crippen LogP contribution in [0, 0.1) is 5.92 Å². The highest BCUT2D eigenvalue weighted by Crippen LogP contribution is 2.43. The summed E-state index contributed by atoms with van der Waals surface area (Å²) in [4.78, 5) is 17.1. The second-order valence-corrected chi connectivity index (χ2v) is 7.21. The van der Waals surface area contributed by atoms with Crippen LogP contribution in [0.15, 0.2) is 36.9 Å². The van der Waals surface area contributed by atoms with Crippen molar-refractivity contribution in [1.82, 2.24) is 15.0 Å². The Bertz CT molecular complexity index is 734. The van der Waals surface area contributed by atoms with Gasteiger partial charge in [-0.1, -0.05) is 0 Å². The predicted octanol–water partition coefficient (Wildman–Crippen LogP) is 2.00. The van der Waals surface area contributed by atoms with Crippen molar-refractivity contribution in [3.63, 3.8) is 0 Å². The lowest BCUT2D eigenvalue weighted by Crippen LogP contribution is -2.65. The lowest BCUT2D eigenvalue weighted by atomic mass is 9.79. The van der Waals surface area contributed by atoms with Crippen LogP contribution in [0.3, 0.4) is 0 Å². The van der Waals surface area contributed by atoms with Crippen LogP contribution >= 0.6 is 0 Å². The molecule has 2 aromatic heterocycles. The van der Waals surface area contributed by atoms with Gasteiger partial charge in [0.2, 0.25) is 0 Å². The largest absolute Gasteiger partial charge is 0.492 e. The first-order valence-electron chi connectivity index (χ1n) is 9.07. The molecule has 2 aromatic rings. The molecule has 0 N–H and O–H groups in total. The van der Waals surface area contributed by atoms with Gasteiger partial charge in [0, 0.05) is 33.0 Å². The highest BCUT2D eigenvalue weighted by molar-refractivity contribution is 5.52. The molecule has 0 radical (unpaired) electrons. The quantitative estimate of drug-likeness (QED) is 0.785. The molecule has 0 aromatic carbocycles. The fourth-order valence-electron chi connectivity index (χ4n) is 3.81. The molecule has 7 heteroatoms. The fraction of sp³-hybridized carbons (Fsp3) is 0.526. The van der Waals surface area contributed by atoms with Gasteiger partial charge in [-0.3, -0.25) is 4.98 Å². The van der Waals surface area contributed by atoms with Crippen molar-refractivity contribution in [2.45, 2.75) is 18.4 Å². The molecule has 2 aliphatic rings. The minimum atomic E-state index is -0.0540. The highest BCUT2D eigenvalue weighted by atomic mass is 16.5. The van der Waals surface area contributed by atoms with Gasteiger partial charge in [0.1, 0.15) is 29.3 Å². The zero-order chi connectivity index (χ0) is 18.0. The van der Waals surface area contributed by atoms with Crippen LogP contribution in [0.4, 0.5) is 11.6 Å². The van der Waals surface area contributed by atoms with Crippen molar-refractivity contribution < 1.29 is 9.47 Å². The molecule has 2 aliphatic heterocycles. The van der Waals surface area contributed by atoms with E-state index in [1.165, 1.54) is 0 Å². The maximum absolute atomic E-state index is 6.16. The van der Waals surface area contributed by atoms with Gasteiger partial charge >= 0.3 is 0 Å². The number of hydrogen-bond donors (Lipinski definition) is 0. The Morgan fingerprint density at radius 2 is 2.23 bits per heavy atom. The summed E-state index contributed by atoms with van der Waals surface area (Å²) in [5, 5.41) is 0. The van der Waals surface area contributed by atoms with E-state index in [1.54, 1.807) is 18.7 Å². The summed E-state index contributed by atoms with van der Waals surface area (Å²) < 4.78 is 12.0. The van der Waals surface area contributed by atoms with Gasteiger partial charge < -0.3 is 19.3 Å². The molecule has 2 saturated heterocycles. The van der Waals surface area contributed by atoms with Gasteiger partial charge in [0.05, 0.1) is 25.9 Å². The van der Waals surface area contributed by atoms with Crippen LogP contribution in [-0.4, -0.2) is 61.0 Å². The molecule has 0 amide bonds. The van der Waals surface area contributed by atoms with Gasteiger partial charge in [-0.2, -0.15) is 0 Å². The minimum Gasteiger partial charge on any atom is -0.492 e. The number of rotatable bonds is 6. The summed E-state index contributed by atoms with van der Waals surface area (Å²) >= 11 is 0. The van der Waals surface area contributed by atoms with Crippen LogP contribution in [0.1, 0.15) is 12.8 Å². The number of aromatic nitrogens is 3. The topological polar surface area (TPSA) is 63.6 Å². The van der Waals surface area contributed by atoms with Crippen LogP contribution in [0.25, 0.3) is 0 Å². The Morgan fingerprint density at radius 3 is 3.00 bits per heavy atom. The summed E-state index contributed by atoms with van der Waals surface area (Å²) in [6.07, 6.45) is 7.23. The smallest absolute Gasteiger partial charge is 0.137 e. The van der Waals surface area contributed by atoms with E-state index in [1.807, 2.05) is 37.2 Å². The summed E-state index contributed by atoms with van der Waals surface area (Å²) in [6, 6.07) is 5.86. The lowest BCUT2D eigenvalue weighted by molar-refractivity contribution is -0.0477. The Hall–Kier alpha value is -2.41. The molecular weight excluding hydrogens is 330 g/mol. The van der Waals surface area contributed by atoms with Crippen LogP contribution in [-0.2, 0) is 4.74 Å². The molecule has 26 heavy (non-hydrogen) atoms. The highest BCUT2D eigenvalue weighted by Gasteiger charge is 2.53. The van der Waals surface area contributed by atoms with Crippen molar-refractivity contribution in [2.75, 3.05) is 50.2 Å². The summed E-state index contributed by atoms with van der Waals surface area (Å²) in [5.74, 6) is 3.23.